The highest BCUT2D eigenvalue weighted by Gasteiger charge is 2.35. The van der Waals surface area contributed by atoms with Crippen LogP contribution in [0, 0.1) is 0 Å². The molecule has 0 bridgehead atoms. The number of nitrogens with zero attached hydrogens (tertiary/aromatic N) is 3. The Morgan fingerprint density at radius 3 is 2.70 bits per heavy atom. The fourth-order valence-electron chi connectivity index (χ4n) is 2.26. The van der Waals surface area contributed by atoms with E-state index in [1.807, 2.05) is 16.8 Å². The van der Waals surface area contributed by atoms with Crippen molar-refractivity contribution in [2.45, 2.75) is 12.3 Å². The van der Waals surface area contributed by atoms with Gasteiger partial charge in [-0.1, -0.05) is 0 Å². The number of amides is 1. The molecule has 0 aromatic carbocycles. The standard InChI is InChI=1S/C14H12F3N3O2S/c15-14(16,17)13-18-5-10(6-19-13)12(21)20-2-3-22-11(7-20)9-1-4-23-8-9/h1,4-6,8,11H,2-3,7H2. The second-order valence-electron chi connectivity index (χ2n) is 4.96. The number of hydrogen-bond donors (Lipinski definition) is 0. The van der Waals surface area contributed by atoms with Crippen LogP contribution in [0.2, 0.25) is 0 Å². The monoisotopic (exact) mass is 343 g/mol. The Morgan fingerprint density at radius 2 is 2.09 bits per heavy atom. The van der Waals surface area contributed by atoms with Gasteiger partial charge in [-0.2, -0.15) is 24.5 Å². The average Bonchev–Trinajstić information content (AvgIpc) is 3.08. The molecule has 1 saturated heterocycles. The molecule has 1 fully saturated rings. The minimum atomic E-state index is -4.62. The van der Waals surface area contributed by atoms with Crippen molar-refractivity contribution in [2.24, 2.45) is 0 Å². The van der Waals surface area contributed by atoms with Crippen molar-refractivity contribution in [3.05, 3.63) is 46.2 Å². The molecule has 122 valence electrons. The van der Waals surface area contributed by atoms with Gasteiger partial charge in [0.05, 0.1) is 18.7 Å². The molecule has 1 aliphatic heterocycles. The van der Waals surface area contributed by atoms with Crippen LogP contribution in [0.5, 0.6) is 0 Å². The van der Waals surface area contributed by atoms with Crippen molar-refractivity contribution in [2.75, 3.05) is 19.7 Å². The number of carbonyl (C=O) groups excluding carboxylic acids is 1. The second-order valence-corrected chi connectivity index (χ2v) is 5.74. The second kappa shape index (κ2) is 6.25. The Bertz CT molecular complexity index is 674. The molecule has 2 aromatic rings. The Labute approximate surface area is 133 Å². The number of thiophene rings is 1. The summed E-state index contributed by atoms with van der Waals surface area (Å²) in [7, 11) is 0. The van der Waals surface area contributed by atoms with Crippen molar-refractivity contribution in [1.82, 2.24) is 14.9 Å². The van der Waals surface area contributed by atoms with E-state index in [9.17, 15) is 18.0 Å². The van der Waals surface area contributed by atoms with E-state index in [0.29, 0.717) is 19.7 Å². The van der Waals surface area contributed by atoms with Gasteiger partial charge in [0, 0.05) is 18.9 Å². The van der Waals surface area contributed by atoms with E-state index in [1.54, 1.807) is 0 Å². The summed E-state index contributed by atoms with van der Waals surface area (Å²) in [5, 5.41) is 3.86. The number of aromatic nitrogens is 2. The van der Waals surface area contributed by atoms with Gasteiger partial charge >= 0.3 is 6.18 Å². The number of alkyl halides is 3. The van der Waals surface area contributed by atoms with Crippen LogP contribution in [0.15, 0.2) is 29.2 Å². The molecule has 1 unspecified atom stereocenters. The predicted molar refractivity (Wildman–Crippen MR) is 75.9 cm³/mol. The van der Waals surface area contributed by atoms with Gasteiger partial charge in [-0.15, -0.1) is 0 Å². The lowest BCUT2D eigenvalue weighted by molar-refractivity contribution is -0.145. The van der Waals surface area contributed by atoms with Gasteiger partial charge in [0.15, 0.2) is 0 Å². The van der Waals surface area contributed by atoms with E-state index in [1.165, 1.54) is 16.2 Å². The van der Waals surface area contributed by atoms with Gasteiger partial charge in [0.1, 0.15) is 6.10 Å². The molecular formula is C14H12F3N3O2S. The van der Waals surface area contributed by atoms with Gasteiger partial charge < -0.3 is 9.64 Å². The highest BCUT2D eigenvalue weighted by atomic mass is 32.1. The van der Waals surface area contributed by atoms with E-state index in [0.717, 1.165) is 18.0 Å². The zero-order chi connectivity index (χ0) is 16.4. The number of ether oxygens (including phenoxy) is 1. The topological polar surface area (TPSA) is 55.3 Å². The van der Waals surface area contributed by atoms with E-state index in [4.69, 9.17) is 4.74 Å². The Morgan fingerprint density at radius 1 is 1.35 bits per heavy atom. The summed E-state index contributed by atoms with van der Waals surface area (Å²) in [5.41, 5.74) is 1.01. The van der Waals surface area contributed by atoms with Crippen LogP contribution in [0.4, 0.5) is 13.2 Å². The van der Waals surface area contributed by atoms with Crippen molar-refractivity contribution in [3.63, 3.8) is 0 Å². The number of hydrogen-bond acceptors (Lipinski definition) is 5. The Hall–Kier alpha value is -2.00. The summed E-state index contributed by atoms with van der Waals surface area (Å²) in [4.78, 5) is 20.4. The zero-order valence-electron chi connectivity index (χ0n) is 11.8. The van der Waals surface area contributed by atoms with Crippen molar-refractivity contribution in [1.29, 1.82) is 0 Å². The molecule has 23 heavy (non-hydrogen) atoms. The molecule has 1 atom stereocenters. The lowest BCUT2D eigenvalue weighted by Gasteiger charge is -2.32. The average molecular weight is 343 g/mol. The van der Waals surface area contributed by atoms with Crippen LogP contribution in [0.1, 0.15) is 27.8 Å². The highest BCUT2D eigenvalue weighted by Crippen LogP contribution is 2.27. The van der Waals surface area contributed by atoms with Gasteiger partial charge in [-0.05, 0) is 22.4 Å². The lowest BCUT2D eigenvalue weighted by atomic mass is 10.1. The summed E-state index contributed by atoms with van der Waals surface area (Å²) in [6, 6.07) is 1.92. The first-order valence-corrected chi connectivity index (χ1v) is 7.71. The van der Waals surface area contributed by atoms with Crippen molar-refractivity contribution in [3.8, 4) is 0 Å². The van der Waals surface area contributed by atoms with Gasteiger partial charge in [0.25, 0.3) is 5.91 Å². The summed E-state index contributed by atoms with van der Waals surface area (Å²) < 4.78 is 43.0. The molecule has 2 aromatic heterocycles. The Kier molecular flexibility index (Phi) is 4.31. The summed E-state index contributed by atoms with van der Waals surface area (Å²) in [6.45, 7) is 1.09. The summed E-state index contributed by atoms with van der Waals surface area (Å²) in [6.07, 6.45) is -3.03. The Balaban J connectivity index is 1.72. The van der Waals surface area contributed by atoms with E-state index < -0.39 is 17.9 Å². The normalized spacial score (nSPS) is 18.9. The first kappa shape index (κ1) is 15.9. The molecule has 1 amide bonds. The van der Waals surface area contributed by atoms with Crippen LogP contribution < -0.4 is 0 Å². The SMILES string of the molecule is O=C(c1cnc(C(F)(F)F)nc1)N1CCOC(c2ccsc2)C1. The maximum absolute atomic E-state index is 12.4. The van der Waals surface area contributed by atoms with Crippen LogP contribution in [-0.4, -0.2) is 40.5 Å². The van der Waals surface area contributed by atoms with Crippen molar-refractivity contribution < 1.29 is 22.7 Å². The zero-order valence-corrected chi connectivity index (χ0v) is 12.6. The predicted octanol–water partition coefficient (Wildman–Crippen LogP) is 2.77. The summed E-state index contributed by atoms with van der Waals surface area (Å²) in [5.74, 6) is -1.66. The molecule has 9 heteroatoms. The molecule has 0 N–H and O–H groups in total. The highest BCUT2D eigenvalue weighted by molar-refractivity contribution is 7.07. The molecule has 0 saturated carbocycles. The van der Waals surface area contributed by atoms with Crippen LogP contribution in [0.3, 0.4) is 0 Å². The van der Waals surface area contributed by atoms with E-state index in [-0.39, 0.29) is 11.7 Å². The lowest BCUT2D eigenvalue weighted by Crippen LogP contribution is -2.42. The summed E-state index contributed by atoms with van der Waals surface area (Å²) >= 11 is 1.53. The smallest absolute Gasteiger partial charge is 0.370 e. The van der Waals surface area contributed by atoms with Gasteiger partial charge in [-0.3, -0.25) is 4.79 Å². The first-order valence-electron chi connectivity index (χ1n) is 6.77. The van der Waals surface area contributed by atoms with Crippen LogP contribution in [-0.2, 0) is 10.9 Å². The number of halogens is 3. The minimum absolute atomic E-state index is 0.0315. The molecule has 0 radical (unpaired) electrons. The van der Waals surface area contributed by atoms with Crippen molar-refractivity contribution >= 4 is 17.2 Å². The maximum Gasteiger partial charge on any atom is 0.451 e. The van der Waals surface area contributed by atoms with Crippen LogP contribution >= 0.6 is 11.3 Å². The maximum atomic E-state index is 12.4. The fourth-order valence-corrected chi connectivity index (χ4v) is 2.96. The fraction of sp³-hybridized carbons (Fsp3) is 0.357. The van der Waals surface area contributed by atoms with E-state index >= 15 is 0 Å². The van der Waals surface area contributed by atoms with Gasteiger partial charge in [-0.25, -0.2) is 9.97 Å². The molecule has 3 heterocycles. The quantitative estimate of drug-likeness (QED) is 0.841. The third kappa shape index (κ3) is 3.50. The largest absolute Gasteiger partial charge is 0.451 e. The number of morpholine rings is 1. The minimum Gasteiger partial charge on any atom is -0.370 e. The third-order valence-corrected chi connectivity index (χ3v) is 4.12. The first-order chi connectivity index (χ1) is 10.9. The molecule has 0 spiro atoms. The molecule has 0 aliphatic carbocycles. The van der Waals surface area contributed by atoms with E-state index in [2.05, 4.69) is 9.97 Å². The van der Waals surface area contributed by atoms with Crippen LogP contribution in [0.25, 0.3) is 0 Å². The third-order valence-electron chi connectivity index (χ3n) is 3.42. The van der Waals surface area contributed by atoms with Gasteiger partial charge in [0.2, 0.25) is 5.82 Å². The molecule has 1 aliphatic rings. The number of rotatable bonds is 2. The molecular weight excluding hydrogens is 331 g/mol. The molecule has 5 nitrogen and oxygen atoms in total. The number of carbonyl (C=O) groups is 1. The molecule has 3 rings (SSSR count).